The van der Waals surface area contributed by atoms with Crippen LogP contribution in [0.4, 0.5) is 4.79 Å². The molecule has 1 atom stereocenters. The van der Waals surface area contributed by atoms with Gasteiger partial charge in [-0.1, -0.05) is 29.8 Å². The molecule has 128 valence electrons. The average molecular weight is 321 g/mol. The first-order chi connectivity index (χ1) is 10.6. The van der Waals surface area contributed by atoms with Crippen molar-refractivity contribution in [3.63, 3.8) is 0 Å². The van der Waals surface area contributed by atoms with Crippen LogP contribution < -0.4 is 5.32 Å². The fraction of sp³-hybridized carbons (Fsp3) is 0.556. The number of carbonyl (C=O) groups is 2. The predicted octanol–water partition coefficient (Wildman–Crippen LogP) is 3.90. The Kier molecular flexibility index (Phi) is 6.61. The van der Waals surface area contributed by atoms with Gasteiger partial charge in [-0.3, -0.25) is 4.79 Å². The highest BCUT2D eigenvalue weighted by Crippen LogP contribution is 2.20. The molecule has 1 N–H and O–H groups in total. The normalized spacial score (nSPS) is 12.7. The molecule has 1 rings (SSSR count). The number of amides is 1. The van der Waals surface area contributed by atoms with Crippen molar-refractivity contribution in [2.24, 2.45) is 0 Å². The van der Waals surface area contributed by atoms with Gasteiger partial charge < -0.3 is 14.8 Å². The van der Waals surface area contributed by atoms with E-state index in [-0.39, 0.29) is 18.5 Å². The van der Waals surface area contributed by atoms with E-state index in [1.165, 1.54) is 0 Å². The lowest BCUT2D eigenvalue weighted by molar-refractivity contribution is -0.147. The van der Waals surface area contributed by atoms with Crippen LogP contribution in [0, 0.1) is 6.92 Å². The minimum absolute atomic E-state index is 0.0560. The van der Waals surface area contributed by atoms with Crippen LogP contribution in [0.2, 0.25) is 0 Å². The van der Waals surface area contributed by atoms with Crippen molar-refractivity contribution in [2.75, 3.05) is 0 Å². The van der Waals surface area contributed by atoms with E-state index in [0.717, 1.165) is 11.1 Å². The highest BCUT2D eigenvalue weighted by molar-refractivity contribution is 5.73. The van der Waals surface area contributed by atoms with Gasteiger partial charge in [-0.25, -0.2) is 4.79 Å². The maximum Gasteiger partial charge on any atom is 0.408 e. The van der Waals surface area contributed by atoms with Crippen LogP contribution in [-0.2, 0) is 14.3 Å². The number of rotatable bonds is 5. The molecule has 1 aromatic rings. The second kappa shape index (κ2) is 7.99. The maximum absolute atomic E-state index is 12.0. The van der Waals surface area contributed by atoms with Gasteiger partial charge in [-0.15, -0.1) is 0 Å². The molecular weight excluding hydrogens is 294 g/mol. The molecule has 0 saturated heterocycles. The molecule has 0 bridgehead atoms. The van der Waals surface area contributed by atoms with Gasteiger partial charge in [0.2, 0.25) is 0 Å². The first-order valence-electron chi connectivity index (χ1n) is 7.82. The summed E-state index contributed by atoms with van der Waals surface area (Å²) in [6, 6.07) is 7.16. The smallest absolute Gasteiger partial charge is 0.408 e. The first kappa shape index (κ1) is 19.0. The Bertz CT molecular complexity index is 529. The number of hydrogen-bond acceptors (Lipinski definition) is 4. The first-order valence-corrected chi connectivity index (χ1v) is 7.82. The summed E-state index contributed by atoms with van der Waals surface area (Å²) in [5.41, 5.74) is 1.34. The van der Waals surface area contributed by atoms with Crippen molar-refractivity contribution < 1.29 is 19.1 Å². The third-order valence-electron chi connectivity index (χ3n) is 2.91. The molecule has 0 aliphatic heterocycles. The minimum Gasteiger partial charge on any atom is -0.463 e. The Hall–Kier alpha value is -2.04. The summed E-state index contributed by atoms with van der Waals surface area (Å²) in [5, 5.41) is 2.75. The van der Waals surface area contributed by atoms with E-state index in [9.17, 15) is 9.59 Å². The Morgan fingerprint density at radius 1 is 1.13 bits per heavy atom. The van der Waals surface area contributed by atoms with Crippen LogP contribution in [0.25, 0.3) is 0 Å². The number of esters is 1. The van der Waals surface area contributed by atoms with Gasteiger partial charge in [-0.2, -0.15) is 0 Å². The summed E-state index contributed by atoms with van der Waals surface area (Å²) in [7, 11) is 0. The van der Waals surface area contributed by atoms with Crippen molar-refractivity contribution in [3.05, 3.63) is 35.4 Å². The molecule has 23 heavy (non-hydrogen) atoms. The lowest BCUT2D eigenvalue weighted by Gasteiger charge is -2.24. The van der Waals surface area contributed by atoms with E-state index in [1.54, 1.807) is 34.6 Å². The summed E-state index contributed by atoms with van der Waals surface area (Å²) >= 11 is 0. The highest BCUT2D eigenvalue weighted by atomic mass is 16.6. The monoisotopic (exact) mass is 321 g/mol. The van der Waals surface area contributed by atoms with Crippen molar-refractivity contribution in [1.29, 1.82) is 0 Å². The van der Waals surface area contributed by atoms with E-state index in [1.807, 2.05) is 31.2 Å². The van der Waals surface area contributed by atoms with Crippen molar-refractivity contribution in [1.82, 2.24) is 5.32 Å². The largest absolute Gasteiger partial charge is 0.463 e. The summed E-state index contributed by atoms with van der Waals surface area (Å²) in [6.07, 6.45) is -0.691. The van der Waals surface area contributed by atoms with Gasteiger partial charge in [0.1, 0.15) is 5.60 Å². The fourth-order valence-electron chi connectivity index (χ4n) is 1.98. The third-order valence-corrected chi connectivity index (χ3v) is 2.91. The van der Waals surface area contributed by atoms with Crippen LogP contribution in [0.3, 0.4) is 0 Å². The minimum atomic E-state index is -0.597. The van der Waals surface area contributed by atoms with Crippen LogP contribution in [0.5, 0.6) is 0 Å². The number of ether oxygens (including phenoxy) is 2. The second-order valence-electron chi connectivity index (χ2n) is 6.85. The molecular formula is C18H27NO4. The second-order valence-corrected chi connectivity index (χ2v) is 6.85. The Balaban J connectivity index is 2.86. The summed E-state index contributed by atoms with van der Waals surface area (Å²) in [6.45, 7) is 10.9. The lowest BCUT2D eigenvalue weighted by atomic mass is 10.0. The molecule has 0 aliphatic rings. The van der Waals surface area contributed by atoms with E-state index in [2.05, 4.69) is 5.32 Å². The molecule has 5 nitrogen and oxygen atoms in total. The number of carbonyl (C=O) groups excluding carboxylic acids is 2. The maximum atomic E-state index is 12.0. The summed E-state index contributed by atoms with van der Waals surface area (Å²) in [5.74, 6) is -0.360. The van der Waals surface area contributed by atoms with Gasteiger partial charge in [0.05, 0.1) is 18.6 Å². The van der Waals surface area contributed by atoms with E-state index in [4.69, 9.17) is 9.47 Å². The quantitative estimate of drug-likeness (QED) is 0.835. The molecule has 1 amide bonds. The van der Waals surface area contributed by atoms with Gasteiger partial charge in [-0.05, 0) is 47.1 Å². The molecule has 0 saturated carbocycles. The molecule has 5 heteroatoms. The third kappa shape index (κ3) is 7.68. The molecule has 0 spiro atoms. The molecule has 0 unspecified atom stereocenters. The fourth-order valence-corrected chi connectivity index (χ4v) is 1.98. The van der Waals surface area contributed by atoms with Crippen molar-refractivity contribution in [2.45, 2.75) is 65.7 Å². The Labute approximate surface area is 138 Å². The SMILES string of the molecule is Cc1ccc([C@@H](CC(=O)OC(C)C)NC(=O)OC(C)(C)C)cc1. The lowest BCUT2D eigenvalue weighted by Crippen LogP contribution is -2.36. The summed E-state index contributed by atoms with van der Waals surface area (Å²) < 4.78 is 10.5. The average Bonchev–Trinajstić information content (AvgIpc) is 2.35. The van der Waals surface area contributed by atoms with E-state index in [0.29, 0.717) is 0 Å². The number of benzene rings is 1. The van der Waals surface area contributed by atoms with Gasteiger partial charge in [0.25, 0.3) is 0 Å². The van der Waals surface area contributed by atoms with Crippen LogP contribution >= 0.6 is 0 Å². The predicted molar refractivity (Wildman–Crippen MR) is 89.1 cm³/mol. The van der Waals surface area contributed by atoms with Gasteiger partial charge >= 0.3 is 12.1 Å². The highest BCUT2D eigenvalue weighted by Gasteiger charge is 2.23. The number of hydrogen-bond donors (Lipinski definition) is 1. The van der Waals surface area contributed by atoms with Crippen LogP contribution in [0.1, 0.15) is 58.2 Å². The van der Waals surface area contributed by atoms with Crippen LogP contribution in [0.15, 0.2) is 24.3 Å². The van der Waals surface area contributed by atoms with Crippen molar-refractivity contribution >= 4 is 12.1 Å². The molecule has 0 heterocycles. The molecule has 0 aliphatic carbocycles. The molecule has 1 aromatic carbocycles. The van der Waals surface area contributed by atoms with Gasteiger partial charge in [0, 0.05) is 0 Å². The Morgan fingerprint density at radius 2 is 1.70 bits per heavy atom. The van der Waals surface area contributed by atoms with Crippen LogP contribution in [-0.4, -0.2) is 23.8 Å². The zero-order valence-corrected chi connectivity index (χ0v) is 14.8. The summed E-state index contributed by atoms with van der Waals surface area (Å²) in [4.78, 5) is 24.0. The zero-order chi connectivity index (χ0) is 17.6. The van der Waals surface area contributed by atoms with Gasteiger partial charge in [0.15, 0.2) is 0 Å². The topological polar surface area (TPSA) is 64.6 Å². The molecule has 0 radical (unpaired) electrons. The van der Waals surface area contributed by atoms with Crippen molar-refractivity contribution in [3.8, 4) is 0 Å². The zero-order valence-electron chi connectivity index (χ0n) is 14.8. The van der Waals surface area contributed by atoms with E-state index >= 15 is 0 Å². The number of aryl methyl sites for hydroxylation is 1. The number of nitrogens with one attached hydrogen (secondary N) is 1. The number of alkyl carbamates (subject to hydrolysis) is 1. The molecule has 0 fully saturated rings. The molecule has 0 aromatic heterocycles. The Morgan fingerprint density at radius 3 is 2.17 bits per heavy atom. The standard InChI is InChI=1S/C18H27NO4/c1-12(2)22-16(20)11-15(14-9-7-13(3)8-10-14)19-17(21)23-18(4,5)6/h7-10,12,15H,11H2,1-6H3,(H,19,21)/t15-/m1/s1. The van der Waals surface area contributed by atoms with E-state index < -0.39 is 17.7 Å².